The Hall–Kier alpha value is -0.664. The molecule has 86 valence electrons. The van der Waals surface area contributed by atoms with Gasteiger partial charge in [0, 0.05) is 8.32 Å². The summed E-state index contributed by atoms with van der Waals surface area (Å²) in [4.78, 5) is 29.3. The molecule has 0 aliphatic heterocycles. The third-order valence-corrected chi connectivity index (χ3v) is 0.883. The maximum atomic E-state index is 9.02. The molecule has 5 heteroatoms. The molecule has 0 aromatic rings. The van der Waals surface area contributed by atoms with Gasteiger partial charge in [0.25, 0.3) is 0 Å². The third-order valence-electron chi connectivity index (χ3n) is 0.658. The predicted octanol–water partition coefficient (Wildman–Crippen LogP) is 1.07. The summed E-state index contributed by atoms with van der Waals surface area (Å²) < 4.78 is 0. The van der Waals surface area contributed by atoms with Gasteiger partial charge in [-0.25, -0.2) is 12.2 Å². The van der Waals surface area contributed by atoms with Gasteiger partial charge in [0.15, 0.2) is 0 Å². The minimum Gasteiger partial charge on any atom is -0.463 e. The molecule has 1 rings (SSSR count). The Morgan fingerprint density at radius 2 is 1.93 bits per heavy atom. The van der Waals surface area contributed by atoms with Crippen LogP contribution in [-0.2, 0) is 23.7 Å². The van der Waals surface area contributed by atoms with Crippen LogP contribution in [0.3, 0.4) is 0 Å². The SMILES string of the molecule is O=[C]=[Fe]=[C]=O.[C-]1=CC=CC1.[CH2-][Si](C)(C)O. The van der Waals surface area contributed by atoms with E-state index in [9.17, 15) is 0 Å². The minimum atomic E-state index is -1.86. The summed E-state index contributed by atoms with van der Waals surface area (Å²) >= 11 is -0.222. The van der Waals surface area contributed by atoms with Crippen molar-refractivity contribution in [3.63, 3.8) is 0 Å². The summed E-state index contributed by atoms with van der Waals surface area (Å²) in [6, 6.07) is 0. The molecule has 1 aliphatic carbocycles. The van der Waals surface area contributed by atoms with Crippen LogP contribution < -0.4 is 0 Å². The molecule has 3 nitrogen and oxygen atoms in total. The molecule has 0 heterocycles. The van der Waals surface area contributed by atoms with E-state index in [0.29, 0.717) is 0 Å². The van der Waals surface area contributed by atoms with Gasteiger partial charge in [0.2, 0.25) is 0 Å². The number of carbonyl (C=O) groups excluding carboxylic acids is 2. The van der Waals surface area contributed by atoms with E-state index in [1.54, 1.807) is 13.1 Å². The molecule has 0 unspecified atom stereocenters. The minimum absolute atomic E-state index is 0.222. The molecule has 0 bridgehead atoms. The molecular weight excluding hydrogens is 252 g/mol. The first-order valence-corrected chi connectivity index (χ1v) is 8.31. The first kappa shape index (κ1) is 16.8. The molecule has 0 radical (unpaired) electrons. The summed E-state index contributed by atoms with van der Waals surface area (Å²) in [7, 11) is -1.86. The van der Waals surface area contributed by atoms with E-state index in [1.807, 2.05) is 12.2 Å². The summed E-state index contributed by atoms with van der Waals surface area (Å²) in [5, 5.41) is 0. The van der Waals surface area contributed by atoms with E-state index in [4.69, 9.17) is 14.4 Å². The van der Waals surface area contributed by atoms with Gasteiger partial charge in [-0.05, 0) is 0 Å². The normalized spacial score (nSPS) is 11.5. The van der Waals surface area contributed by atoms with Crippen LogP contribution in [0.4, 0.5) is 0 Å². The maximum absolute atomic E-state index is 9.02. The van der Waals surface area contributed by atoms with Gasteiger partial charge in [0.05, 0.1) is 0 Å². The summed E-state index contributed by atoms with van der Waals surface area (Å²) in [6.45, 7) is 7.01. The van der Waals surface area contributed by atoms with Gasteiger partial charge < -0.3 is 11.3 Å². The quantitative estimate of drug-likeness (QED) is 0.527. The van der Waals surface area contributed by atoms with Crippen LogP contribution >= 0.6 is 0 Å². The van der Waals surface area contributed by atoms with Crippen molar-refractivity contribution in [2.45, 2.75) is 19.5 Å². The zero-order chi connectivity index (χ0) is 12.2. The van der Waals surface area contributed by atoms with Crippen molar-refractivity contribution < 1.29 is 28.5 Å². The average molecular weight is 266 g/mol. The van der Waals surface area contributed by atoms with Crippen LogP contribution in [0.2, 0.25) is 13.1 Å². The van der Waals surface area contributed by atoms with Crippen molar-refractivity contribution in [1.82, 2.24) is 0 Å². The van der Waals surface area contributed by atoms with E-state index in [1.165, 1.54) is 9.57 Å². The third kappa shape index (κ3) is 42.7. The fourth-order valence-corrected chi connectivity index (χ4v) is 0.401. The molecule has 0 aromatic carbocycles. The number of hydrogen-bond acceptors (Lipinski definition) is 3. The maximum Gasteiger partial charge on any atom is 0.0307 e. The molecule has 1 aliphatic rings. The van der Waals surface area contributed by atoms with E-state index >= 15 is 0 Å². The number of hydrogen-bond donors (Lipinski definition) is 1. The predicted molar refractivity (Wildman–Crippen MR) is 58.0 cm³/mol. The van der Waals surface area contributed by atoms with Crippen molar-refractivity contribution in [3.05, 3.63) is 30.9 Å². The topological polar surface area (TPSA) is 54.4 Å². The Bertz CT molecular complexity index is 284. The zero-order valence-corrected chi connectivity index (χ0v) is 10.9. The first-order valence-electron chi connectivity index (χ1n) is 4.06. The first-order chi connectivity index (χ1) is 6.91. The van der Waals surface area contributed by atoms with Gasteiger partial charge in [-0.15, -0.1) is 6.42 Å². The molecule has 0 spiro atoms. The van der Waals surface area contributed by atoms with E-state index in [2.05, 4.69) is 18.7 Å². The molecule has 1 N–H and O–H groups in total. The molecule has 0 amide bonds. The van der Waals surface area contributed by atoms with E-state index < -0.39 is 8.32 Å². The van der Waals surface area contributed by atoms with Gasteiger partial charge in [-0.3, -0.25) is 6.08 Å². The van der Waals surface area contributed by atoms with Crippen LogP contribution in [-0.4, -0.2) is 22.7 Å². The Labute approximate surface area is 96.9 Å². The van der Waals surface area contributed by atoms with Crippen molar-refractivity contribution in [2.75, 3.05) is 0 Å². The average Bonchev–Trinajstić information content (AvgIpc) is 2.58. The van der Waals surface area contributed by atoms with Crippen molar-refractivity contribution in [1.29, 1.82) is 0 Å². The molecule has 0 atom stereocenters. The second-order valence-electron chi connectivity index (χ2n) is 3.05. The molecular formula is C10H14FeO3Si-2. The fraction of sp³-hybridized carbons (Fsp3) is 0.300. The molecule has 0 aromatic heterocycles. The Kier molecular flexibility index (Phi) is 12.7. The monoisotopic (exact) mass is 266 g/mol. The van der Waals surface area contributed by atoms with Gasteiger partial charge in [0.1, 0.15) is 0 Å². The molecule has 0 saturated heterocycles. The van der Waals surface area contributed by atoms with Crippen LogP contribution in [0, 0.1) is 12.6 Å². The van der Waals surface area contributed by atoms with Crippen LogP contribution in [0.5, 0.6) is 0 Å². The summed E-state index contributed by atoms with van der Waals surface area (Å²) in [5.74, 6) is 0. The van der Waals surface area contributed by atoms with Gasteiger partial charge >= 0.3 is 33.2 Å². The largest absolute Gasteiger partial charge is 0.463 e. The Balaban J connectivity index is 0. The van der Waals surface area contributed by atoms with Crippen molar-refractivity contribution >= 4 is 17.9 Å². The van der Waals surface area contributed by atoms with Gasteiger partial charge in [-0.1, -0.05) is 13.1 Å². The van der Waals surface area contributed by atoms with E-state index in [0.717, 1.165) is 6.42 Å². The van der Waals surface area contributed by atoms with Crippen LogP contribution in [0.1, 0.15) is 6.42 Å². The summed E-state index contributed by atoms with van der Waals surface area (Å²) in [5.41, 5.74) is 0. The Morgan fingerprint density at radius 1 is 1.47 bits per heavy atom. The van der Waals surface area contributed by atoms with Crippen LogP contribution in [0.25, 0.3) is 0 Å². The second kappa shape index (κ2) is 11.4. The Morgan fingerprint density at radius 3 is 2.00 bits per heavy atom. The molecule has 15 heavy (non-hydrogen) atoms. The fourth-order valence-electron chi connectivity index (χ4n) is 0.355. The molecule has 0 fully saturated rings. The van der Waals surface area contributed by atoms with Crippen molar-refractivity contribution in [3.8, 4) is 0 Å². The zero-order valence-electron chi connectivity index (χ0n) is 8.76. The van der Waals surface area contributed by atoms with E-state index in [-0.39, 0.29) is 14.1 Å². The second-order valence-corrected chi connectivity index (χ2v) is 7.40. The standard InChI is InChI=1S/C5H5.C3H9OSi.2CO.Fe/c1-2-4-5-3-1;1-5(2,3)4;2*1-2;/h1-3H,4H2;4H,1H2,2-3H3;;;/q2*-1;;;. The number of rotatable bonds is 0. The number of allylic oxidation sites excluding steroid dienone is 4. The molecule has 0 saturated carbocycles. The van der Waals surface area contributed by atoms with Gasteiger partial charge in [-0.2, -0.15) is 6.08 Å². The smallest absolute Gasteiger partial charge is 0.0307 e. The van der Waals surface area contributed by atoms with Crippen molar-refractivity contribution in [2.24, 2.45) is 0 Å². The van der Waals surface area contributed by atoms with Crippen LogP contribution in [0.15, 0.2) is 18.2 Å². The summed E-state index contributed by atoms with van der Waals surface area (Å²) in [6.07, 6.45) is 10.0.